The zero-order valence-corrected chi connectivity index (χ0v) is 11.0. The van der Waals surface area contributed by atoms with Gasteiger partial charge in [0.25, 0.3) is 11.8 Å². The van der Waals surface area contributed by atoms with Crippen LogP contribution in [0.25, 0.3) is 0 Å². The number of hydrogen-bond acceptors (Lipinski definition) is 6. The molecule has 21 heavy (non-hydrogen) atoms. The molecule has 2 amide bonds. The average molecular weight is 293 g/mol. The second-order valence-electron chi connectivity index (χ2n) is 5.13. The highest BCUT2D eigenvalue weighted by Crippen LogP contribution is 2.28. The van der Waals surface area contributed by atoms with Gasteiger partial charge in [-0.2, -0.15) is 0 Å². The summed E-state index contributed by atoms with van der Waals surface area (Å²) in [6, 6.07) is 5.41. The molecular weight excluding hydrogens is 278 g/mol. The molecule has 3 rings (SSSR count). The molecule has 7 nitrogen and oxygen atoms in total. The molecule has 7 heteroatoms. The minimum absolute atomic E-state index is 0.130. The zero-order valence-electron chi connectivity index (χ0n) is 11.0. The van der Waals surface area contributed by atoms with Gasteiger partial charge in [-0.1, -0.05) is 12.1 Å². The molecule has 3 N–H and O–H groups in total. The lowest BCUT2D eigenvalue weighted by atomic mass is 9.97. The topological polar surface area (TPSA) is 107 Å². The van der Waals surface area contributed by atoms with E-state index in [0.29, 0.717) is 0 Å². The maximum absolute atomic E-state index is 12.3. The predicted octanol–water partition coefficient (Wildman–Crippen LogP) is -1.24. The predicted molar refractivity (Wildman–Crippen MR) is 69.6 cm³/mol. The third-order valence-corrected chi connectivity index (χ3v) is 3.94. The smallest absolute Gasteiger partial charge is 0.261 e. The van der Waals surface area contributed by atoms with Crippen molar-refractivity contribution < 1.29 is 29.6 Å². The van der Waals surface area contributed by atoms with Crippen LogP contribution in [0.5, 0.6) is 0 Å². The lowest BCUT2D eigenvalue weighted by Gasteiger charge is -2.40. The molecule has 0 saturated carbocycles. The van der Waals surface area contributed by atoms with Gasteiger partial charge in [-0.15, -0.1) is 0 Å². The van der Waals surface area contributed by atoms with Crippen molar-refractivity contribution in [2.75, 3.05) is 13.2 Å². The van der Waals surface area contributed by atoms with Crippen LogP contribution in [0.4, 0.5) is 0 Å². The van der Waals surface area contributed by atoms with Gasteiger partial charge < -0.3 is 20.1 Å². The first-order valence-corrected chi connectivity index (χ1v) is 6.61. The van der Waals surface area contributed by atoms with Gasteiger partial charge in [0.2, 0.25) is 0 Å². The van der Waals surface area contributed by atoms with Crippen molar-refractivity contribution in [3.63, 3.8) is 0 Å². The van der Waals surface area contributed by atoms with Gasteiger partial charge in [-0.25, -0.2) is 0 Å². The van der Waals surface area contributed by atoms with E-state index in [-0.39, 0.29) is 17.7 Å². The maximum atomic E-state index is 12.3. The number of imide groups is 1. The summed E-state index contributed by atoms with van der Waals surface area (Å²) in [5, 5.41) is 29.0. The summed E-state index contributed by atoms with van der Waals surface area (Å²) in [5.74, 6) is -1.03. The number of ether oxygens (including phenoxy) is 1. The van der Waals surface area contributed by atoms with Crippen LogP contribution in [0.1, 0.15) is 20.7 Å². The van der Waals surface area contributed by atoms with Crippen molar-refractivity contribution in [1.82, 2.24) is 4.90 Å². The second kappa shape index (κ2) is 5.19. The molecular formula is C14H15NO6. The molecule has 0 aromatic heterocycles. The lowest BCUT2D eigenvalue weighted by Crippen LogP contribution is -2.61. The van der Waals surface area contributed by atoms with Crippen LogP contribution >= 0.6 is 0 Å². The van der Waals surface area contributed by atoms with Crippen LogP contribution in [0.2, 0.25) is 0 Å². The molecule has 0 radical (unpaired) electrons. The SMILES string of the molecule is O=C1c2ccccc2C(=O)N1[C@@H]1CO[C@H](CO)[C@H](O)[C@@H]1O. The van der Waals surface area contributed by atoms with Crippen LogP contribution in [0, 0.1) is 0 Å². The summed E-state index contributed by atoms with van der Waals surface area (Å²) in [7, 11) is 0. The lowest BCUT2D eigenvalue weighted by molar-refractivity contribution is -0.171. The van der Waals surface area contributed by atoms with Crippen molar-refractivity contribution in [1.29, 1.82) is 0 Å². The van der Waals surface area contributed by atoms with Crippen molar-refractivity contribution in [3.8, 4) is 0 Å². The number of aliphatic hydroxyl groups is 3. The first-order valence-electron chi connectivity index (χ1n) is 6.61. The van der Waals surface area contributed by atoms with Gasteiger partial charge in [0.15, 0.2) is 0 Å². The minimum atomic E-state index is -1.36. The van der Waals surface area contributed by atoms with E-state index in [1.54, 1.807) is 24.3 Å². The van der Waals surface area contributed by atoms with Gasteiger partial charge in [-0.3, -0.25) is 14.5 Å². The second-order valence-corrected chi connectivity index (χ2v) is 5.13. The molecule has 1 aromatic rings. The maximum Gasteiger partial charge on any atom is 0.261 e. The van der Waals surface area contributed by atoms with Crippen molar-refractivity contribution in [3.05, 3.63) is 35.4 Å². The molecule has 1 aromatic carbocycles. The molecule has 4 atom stereocenters. The van der Waals surface area contributed by atoms with Crippen LogP contribution in [0.3, 0.4) is 0 Å². The summed E-state index contributed by atoms with van der Waals surface area (Å²) >= 11 is 0. The standard InChI is InChI=1S/C14H15NO6/c16-5-10-12(18)11(17)9(6-21-10)15-13(19)7-3-1-2-4-8(7)14(15)20/h1-4,9-12,16-18H,5-6H2/t9-,10-,11-,12+/m1/s1. The summed E-state index contributed by atoms with van der Waals surface area (Å²) in [4.78, 5) is 25.6. The quantitative estimate of drug-likeness (QED) is 0.589. The summed E-state index contributed by atoms with van der Waals surface area (Å²) in [6.07, 6.45) is -3.65. The fourth-order valence-electron chi connectivity index (χ4n) is 2.76. The molecule has 0 spiro atoms. The number of amides is 2. The number of benzene rings is 1. The Hall–Kier alpha value is -1.80. The Morgan fingerprint density at radius 1 is 1.10 bits per heavy atom. The molecule has 1 fully saturated rings. The van der Waals surface area contributed by atoms with Gasteiger partial charge in [-0.05, 0) is 12.1 Å². The molecule has 0 bridgehead atoms. The highest BCUT2D eigenvalue weighted by atomic mass is 16.5. The molecule has 2 heterocycles. The number of carbonyl (C=O) groups excluding carboxylic acids is 2. The van der Waals surface area contributed by atoms with E-state index in [1.807, 2.05) is 0 Å². The third kappa shape index (κ3) is 2.06. The molecule has 0 unspecified atom stereocenters. The number of rotatable bonds is 2. The van der Waals surface area contributed by atoms with E-state index in [2.05, 4.69) is 0 Å². The average Bonchev–Trinajstić information content (AvgIpc) is 2.75. The Bertz CT molecular complexity index is 554. The number of carbonyl (C=O) groups is 2. The zero-order chi connectivity index (χ0) is 15.1. The van der Waals surface area contributed by atoms with E-state index in [0.717, 1.165) is 4.90 Å². The third-order valence-electron chi connectivity index (χ3n) is 3.94. The Labute approximate surface area is 120 Å². The van der Waals surface area contributed by atoms with E-state index in [9.17, 15) is 19.8 Å². The Morgan fingerprint density at radius 2 is 1.67 bits per heavy atom. The minimum Gasteiger partial charge on any atom is -0.394 e. The molecule has 2 aliphatic rings. The van der Waals surface area contributed by atoms with Crippen molar-refractivity contribution in [2.45, 2.75) is 24.4 Å². The molecule has 0 aliphatic carbocycles. The van der Waals surface area contributed by atoms with Crippen molar-refractivity contribution >= 4 is 11.8 Å². The summed E-state index contributed by atoms with van der Waals surface area (Å²) in [6.45, 7) is -0.581. The molecule has 112 valence electrons. The van der Waals surface area contributed by atoms with Crippen LogP contribution in [-0.4, -0.2) is 69.6 Å². The first kappa shape index (κ1) is 14.2. The van der Waals surface area contributed by atoms with Gasteiger partial charge in [0, 0.05) is 0 Å². The highest BCUT2D eigenvalue weighted by Gasteiger charge is 2.48. The fraction of sp³-hybridized carbons (Fsp3) is 0.429. The van der Waals surface area contributed by atoms with E-state index >= 15 is 0 Å². The largest absolute Gasteiger partial charge is 0.394 e. The van der Waals surface area contributed by atoms with E-state index in [4.69, 9.17) is 9.84 Å². The van der Waals surface area contributed by atoms with Gasteiger partial charge in [0.1, 0.15) is 18.3 Å². The number of hydrogen-bond donors (Lipinski definition) is 3. The molecule has 1 saturated heterocycles. The fourth-order valence-corrected chi connectivity index (χ4v) is 2.76. The summed E-state index contributed by atoms with van der Waals surface area (Å²) < 4.78 is 5.22. The monoisotopic (exact) mass is 293 g/mol. The highest BCUT2D eigenvalue weighted by molar-refractivity contribution is 6.21. The van der Waals surface area contributed by atoms with Crippen LogP contribution in [0.15, 0.2) is 24.3 Å². The Balaban J connectivity index is 1.89. The van der Waals surface area contributed by atoms with Crippen molar-refractivity contribution in [2.24, 2.45) is 0 Å². The number of nitrogens with zero attached hydrogens (tertiary/aromatic N) is 1. The normalized spacial score (nSPS) is 32.4. The van der Waals surface area contributed by atoms with Gasteiger partial charge >= 0.3 is 0 Å². The van der Waals surface area contributed by atoms with Gasteiger partial charge in [0.05, 0.1) is 30.4 Å². The first-order chi connectivity index (χ1) is 10.1. The summed E-state index contributed by atoms with van der Waals surface area (Å²) in [5.41, 5.74) is 0.543. The van der Waals surface area contributed by atoms with E-state index < -0.39 is 42.8 Å². The van der Waals surface area contributed by atoms with E-state index in [1.165, 1.54) is 0 Å². The Kier molecular flexibility index (Phi) is 3.50. The number of aliphatic hydroxyl groups excluding tert-OH is 3. The van der Waals surface area contributed by atoms with Crippen LogP contribution < -0.4 is 0 Å². The Morgan fingerprint density at radius 3 is 2.19 bits per heavy atom. The number of fused-ring (bicyclic) bond motifs is 1. The van der Waals surface area contributed by atoms with Crippen LogP contribution in [-0.2, 0) is 4.74 Å². The molecule has 2 aliphatic heterocycles.